The summed E-state index contributed by atoms with van der Waals surface area (Å²) in [5, 5.41) is 0. The van der Waals surface area contributed by atoms with E-state index in [2.05, 4.69) is 25.8 Å². The van der Waals surface area contributed by atoms with Crippen LogP contribution in [0.25, 0.3) is 0 Å². The van der Waals surface area contributed by atoms with Crippen LogP contribution in [0, 0.1) is 0 Å². The van der Waals surface area contributed by atoms with Crippen molar-refractivity contribution in [2.45, 2.75) is 39.7 Å². The number of carbonyl (C=O) groups excluding carboxylic acids is 1. The van der Waals surface area contributed by atoms with Crippen LogP contribution in [0.15, 0.2) is 0 Å². The van der Waals surface area contributed by atoms with Crippen LogP contribution in [-0.4, -0.2) is 48.9 Å². The fourth-order valence-corrected chi connectivity index (χ4v) is 1.48. The minimum atomic E-state index is 0.172. The molecule has 3 heteroatoms. The maximum Gasteiger partial charge on any atom is 0.219 e. The van der Waals surface area contributed by atoms with Crippen molar-refractivity contribution in [1.29, 1.82) is 0 Å². The van der Waals surface area contributed by atoms with Gasteiger partial charge in [0.25, 0.3) is 0 Å². The van der Waals surface area contributed by atoms with Crippen LogP contribution >= 0.6 is 0 Å². The third-order valence-electron chi connectivity index (χ3n) is 2.41. The van der Waals surface area contributed by atoms with Crippen molar-refractivity contribution in [2.75, 3.05) is 27.2 Å². The first-order chi connectivity index (χ1) is 6.52. The standard InChI is InChI=1S/C8H16N2O.C3H8/c1-7(11)10(3)8-4-5-9(2)6-8;1-3-2/h8H,4-6H2,1-3H3;3H2,1-2H3/t8-;/m0./s1. The van der Waals surface area contributed by atoms with Crippen LogP contribution in [0.5, 0.6) is 0 Å². The van der Waals surface area contributed by atoms with Crippen molar-refractivity contribution in [3.05, 3.63) is 0 Å². The number of amides is 1. The summed E-state index contributed by atoms with van der Waals surface area (Å²) < 4.78 is 0. The minimum absolute atomic E-state index is 0.172. The van der Waals surface area contributed by atoms with Crippen LogP contribution in [0.2, 0.25) is 0 Å². The second-order valence-electron chi connectivity index (χ2n) is 4.04. The van der Waals surface area contributed by atoms with E-state index in [4.69, 9.17) is 0 Å². The Labute approximate surface area is 88.1 Å². The van der Waals surface area contributed by atoms with Gasteiger partial charge >= 0.3 is 0 Å². The molecule has 0 saturated carbocycles. The highest BCUT2D eigenvalue weighted by Crippen LogP contribution is 2.11. The van der Waals surface area contributed by atoms with Gasteiger partial charge in [0, 0.05) is 26.6 Å². The SMILES string of the molecule is CC(=O)N(C)[C@H]1CCN(C)C1.CCC. The van der Waals surface area contributed by atoms with Gasteiger partial charge in [-0.15, -0.1) is 0 Å². The summed E-state index contributed by atoms with van der Waals surface area (Å²) in [5.41, 5.74) is 0. The molecule has 0 aliphatic carbocycles. The monoisotopic (exact) mass is 200 g/mol. The molecule has 0 spiro atoms. The number of carbonyl (C=O) groups is 1. The van der Waals surface area contributed by atoms with Crippen molar-refractivity contribution in [3.8, 4) is 0 Å². The number of rotatable bonds is 1. The van der Waals surface area contributed by atoms with E-state index in [0.29, 0.717) is 6.04 Å². The van der Waals surface area contributed by atoms with Gasteiger partial charge < -0.3 is 9.80 Å². The topological polar surface area (TPSA) is 23.6 Å². The van der Waals surface area contributed by atoms with E-state index >= 15 is 0 Å². The number of hydrogen-bond donors (Lipinski definition) is 0. The molecule has 0 N–H and O–H groups in total. The second kappa shape index (κ2) is 6.82. The molecule has 1 saturated heterocycles. The van der Waals surface area contributed by atoms with Crippen LogP contribution in [-0.2, 0) is 4.79 Å². The first-order valence-corrected chi connectivity index (χ1v) is 5.44. The lowest BCUT2D eigenvalue weighted by molar-refractivity contribution is -0.129. The molecule has 1 aliphatic rings. The molecule has 0 radical (unpaired) electrons. The molecule has 0 bridgehead atoms. The molecule has 1 amide bonds. The summed E-state index contributed by atoms with van der Waals surface area (Å²) >= 11 is 0. The Morgan fingerprint density at radius 2 is 2.00 bits per heavy atom. The Kier molecular flexibility index (Phi) is 6.54. The van der Waals surface area contributed by atoms with E-state index < -0.39 is 0 Å². The van der Waals surface area contributed by atoms with Gasteiger partial charge in [-0.25, -0.2) is 0 Å². The van der Waals surface area contributed by atoms with E-state index in [0.717, 1.165) is 19.5 Å². The molecule has 1 atom stereocenters. The highest BCUT2D eigenvalue weighted by Gasteiger charge is 2.24. The normalized spacial score (nSPS) is 21.4. The summed E-state index contributed by atoms with van der Waals surface area (Å²) in [7, 11) is 3.97. The predicted molar refractivity (Wildman–Crippen MR) is 60.3 cm³/mol. The highest BCUT2D eigenvalue weighted by atomic mass is 16.2. The van der Waals surface area contributed by atoms with E-state index in [1.54, 1.807) is 6.92 Å². The number of likely N-dealkylation sites (tertiary alicyclic amines) is 1. The smallest absolute Gasteiger partial charge is 0.219 e. The molecule has 1 heterocycles. The van der Waals surface area contributed by atoms with Crippen LogP contribution in [0.1, 0.15) is 33.6 Å². The summed E-state index contributed by atoms with van der Waals surface area (Å²) in [6.45, 7) is 8.01. The highest BCUT2D eigenvalue weighted by molar-refractivity contribution is 5.73. The average molecular weight is 200 g/mol. The largest absolute Gasteiger partial charge is 0.342 e. The van der Waals surface area contributed by atoms with Gasteiger partial charge in [0.1, 0.15) is 0 Å². The number of likely N-dealkylation sites (N-methyl/N-ethyl adjacent to an activating group) is 2. The zero-order valence-electron chi connectivity index (χ0n) is 10.2. The van der Waals surface area contributed by atoms with E-state index in [1.807, 2.05) is 11.9 Å². The van der Waals surface area contributed by atoms with Gasteiger partial charge in [0.15, 0.2) is 0 Å². The fourth-order valence-electron chi connectivity index (χ4n) is 1.48. The molecule has 0 aromatic heterocycles. The zero-order valence-corrected chi connectivity index (χ0v) is 10.2. The second-order valence-corrected chi connectivity index (χ2v) is 4.04. The summed E-state index contributed by atoms with van der Waals surface area (Å²) in [6, 6.07) is 0.442. The number of hydrogen-bond acceptors (Lipinski definition) is 2. The third-order valence-corrected chi connectivity index (χ3v) is 2.41. The fraction of sp³-hybridized carbons (Fsp3) is 0.909. The summed E-state index contributed by atoms with van der Waals surface area (Å²) in [6.07, 6.45) is 2.37. The molecule has 0 aromatic carbocycles. The average Bonchev–Trinajstić information content (AvgIpc) is 2.51. The maximum atomic E-state index is 10.9. The van der Waals surface area contributed by atoms with Crippen LogP contribution in [0.3, 0.4) is 0 Å². The maximum absolute atomic E-state index is 10.9. The molecule has 1 aliphatic heterocycles. The lowest BCUT2D eigenvalue weighted by Crippen LogP contribution is -2.36. The van der Waals surface area contributed by atoms with Crippen molar-refractivity contribution >= 4 is 5.91 Å². The first kappa shape index (κ1) is 13.4. The van der Waals surface area contributed by atoms with Crippen molar-refractivity contribution in [1.82, 2.24) is 9.80 Å². The molecule has 1 fully saturated rings. The Morgan fingerprint density at radius 1 is 1.50 bits per heavy atom. The zero-order chi connectivity index (χ0) is 11.1. The van der Waals surface area contributed by atoms with Gasteiger partial charge in [0.2, 0.25) is 5.91 Å². The molecule has 0 unspecified atom stereocenters. The van der Waals surface area contributed by atoms with E-state index in [1.165, 1.54) is 6.42 Å². The quantitative estimate of drug-likeness (QED) is 0.641. The number of nitrogens with zero attached hydrogens (tertiary/aromatic N) is 2. The molecule has 14 heavy (non-hydrogen) atoms. The van der Waals surface area contributed by atoms with Crippen molar-refractivity contribution in [3.63, 3.8) is 0 Å². The molecular formula is C11H24N2O. The van der Waals surface area contributed by atoms with Gasteiger partial charge in [0.05, 0.1) is 0 Å². The van der Waals surface area contributed by atoms with Gasteiger partial charge in [-0.1, -0.05) is 20.3 Å². The van der Waals surface area contributed by atoms with E-state index in [9.17, 15) is 4.79 Å². The summed E-state index contributed by atoms with van der Waals surface area (Å²) in [4.78, 5) is 15.0. The van der Waals surface area contributed by atoms with Crippen molar-refractivity contribution < 1.29 is 4.79 Å². The Bertz CT molecular complexity index is 171. The molecule has 3 nitrogen and oxygen atoms in total. The third kappa shape index (κ3) is 4.61. The van der Waals surface area contributed by atoms with Crippen LogP contribution in [0.4, 0.5) is 0 Å². The lowest BCUT2D eigenvalue weighted by Gasteiger charge is -2.22. The van der Waals surface area contributed by atoms with Gasteiger partial charge in [-0.05, 0) is 20.0 Å². The molecule has 1 rings (SSSR count). The van der Waals surface area contributed by atoms with Crippen LogP contribution < -0.4 is 0 Å². The first-order valence-electron chi connectivity index (χ1n) is 5.44. The molecule has 0 aromatic rings. The minimum Gasteiger partial charge on any atom is -0.342 e. The van der Waals surface area contributed by atoms with Crippen molar-refractivity contribution in [2.24, 2.45) is 0 Å². The summed E-state index contributed by atoms with van der Waals surface area (Å²) in [5.74, 6) is 0.172. The molecular weight excluding hydrogens is 176 g/mol. The Balaban J connectivity index is 0.000000500. The van der Waals surface area contributed by atoms with E-state index in [-0.39, 0.29) is 5.91 Å². The Morgan fingerprint density at radius 3 is 2.29 bits per heavy atom. The van der Waals surface area contributed by atoms with Gasteiger partial charge in [-0.3, -0.25) is 4.79 Å². The lowest BCUT2D eigenvalue weighted by atomic mass is 10.2. The molecule has 84 valence electrons. The predicted octanol–water partition coefficient (Wildman–Crippen LogP) is 1.59. The Hall–Kier alpha value is -0.570. The van der Waals surface area contributed by atoms with Gasteiger partial charge in [-0.2, -0.15) is 0 Å².